The van der Waals surface area contributed by atoms with Gasteiger partial charge in [-0.1, -0.05) is 0 Å². The largest absolute Gasteiger partial charge is 0.586 e. The molecule has 0 bridgehead atoms. The van der Waals surface area contributed by atoms with Gasteiger partial charge in [-0.15, -0.1) is 8.78 Å². The predicted molar refractivity (Wildman–Crippen MR) is 42.4 cm³/mol. The van der Waals surface area contributed by atoms with E-state index in [9.17, 15) is 13.6 Å². The van der Waals surface area contributed by atoms with E-state index >= 15 is 0 Å². The summed E-state index contributed by atoms with van der Waals surface area (Å²) in [6.45, 7) is 0. The van der Waals surface area contributed by atoms with Crippen molar-refractivity contribution in [3.8, 4) is 11.5 Å². The van der Waals surface area contributed by atoms with E-state index in [0.717, 1.165) is 12.1 Å². The van der Waals surface area contributed by atoms with Crippen LogP contribution in [0.4, 0.5) is 14.5 Å². The fourth-order valence-electron chi connectivity index (χ4n) is 1.13. The number of ether oxygens (including phenoxy) is 2. The Morgan fingerprint density at radius 1 is 1.29 bits per heavy atom. The predicted octanol–water partition coefficient (Wildman–Crippen LogP) is 1.40. The van der Waals surface area contributed by atoms with Gasteiger partial charge in [-0.2, -0.15) is 0 Å². The molecule has 0 saturated heterocycles. The summed E-state index contributed by atoms with van der Waals surface area (Å²) in [6, 6.07) is 2.23. The van der Waals surface area contributed by atoms with Crippen molar-refractivity contribution >= 4 is 12.0 Å². The standard InChI is InChI=1S/C8H5F2NO3/c9-8(10)13-6-1-4(3-12)5(11)2-7(6)14-8/h1-3H,11H2. The van der Waals surface area contributed by atoms with Crippen LogP contribution < -0.4 is 15.2 Å². The first-order chi connectivity index (χ1) is 6.52. The Bertz CT molecular complexity index is 406. The molecule has 1 aliphatic rings. The smallest absolute Gasteiger partial charge is 0.398 e. The van der Waals surface area contributed by atoms with Crippen molar-refractivity contribution in [3.05, 3.63) is 17.7 Å². The lowest BCUT2D eigenvalue weighted by molar-refractivity contribution is -0.286. The number of hydrogen-bond acceptors (Lipinski definition) is 4. The molecule has 0 aliphatic carbocycles. The third-order valence-electron chi connectivity index (χ3n) is 1.73. The van der Waals surface area contributed by atoms with Gasteiger partial charge in [-0.05, 0) is 6.07 Å². The Kier molecular flexibility index (Phi) is 1.60. The van der Waals surface area contributed by atoms with Gasteiger partial charge in [0, 0.05) is 17.3 Å². The highest BCUT2D eigenvalue weighted by Gasteiger charge is 2.43. The van der Waals surface area contributed by atoms with E-state index in [0.29, 0.717) is 6.29 Å². The van der Waals surface area contributed by atoms with Gasteiger partial charge in [-0.3, -0.25) is 4.79 Å². The molecular weight excluding hydrogens is 196 g/mol. The topological polar surface area (TPSA) is 61.6 Å². The number of fused-ring (bicyclic) bond motifs is 1. The van der Waals surface area contributed by atoms with Gasteiger partial charge < -0.3 is 15.2 Å². The van der Waals surface area contributed by atoms with Crippen LogP contribution in [0.25, 0.3) is 0 Å². The normalized spacial score (nSPS) is 16.7. The Morgan fingerprint density at radius 2 is 1.86 bits per heavy atom. The summed E-state index contributed by atoms with van der Waals surface area (Å²) in [7, 11) is 0. The number of carbonyl (C=O) groups is 1. The highest BCUT2D eigenvalue weighted by atomic mass is 19.3. The second-order valence-electron chi connectivity index (χ2n) is 2.71. The molecule has 0 radical (unpaired) electrons. The molecule has 1 aliphatic heterocycles. The maximum absolute atomic E-state index is 12.5. The highest BCUT2D eigenvalue weighted by Crippen LogP contribution is 2.42. The zero-order valence-corrected chi connectivity index (χ0v) is 6.79. The van der Waals surface area contributed by atoms with Crippen LogP contribution in [0.2, 0.25) is 0 Å². The first kappa shape index (κ1) is 8.74. The molecule has 74 valence electrons. The minimum Gasteiger partial charge on any atom is -0.398 e. The Morgan fingerprint density at radius 3 is 2.43 bits per heavy atom. The summed E-state index contributed by atoms with van der Waals surface area (Å²) in [4.78, 5) is 10.4. The molecule has 6 heteroatoms. The van der Waals surface area contributed by atoms with Gasteiger partial charge in [-0.25, -0.2) is 0 Å². The van der Waals surface area contributed by atoms with Crippen molar-refractivity contribution in [2.75, 3.05) is 5.73 Å². The van der Waals surface area contributed by atoms with Crippen LogP contribution in [0.1, 0.15) is 10.4 Å². The van der Waals surface area contributed by atoms with Gasteiger partial charge in [0.05, 0.1) is 0 Å². The van der Waals surface area contributed by atoms with E-state index < -0.39 is 6.29 Å². The number of nitrogen functional groups attached to an aromatic ring is 1. The molecule has 1 aromatic carbocycles. The highest BCUT2D eigenvalue weighted by molar-refractivity contribution is 5.85. The second kappa shape index (κ2) is 2.57. The molecule has 0 amide bonds. The third-order valence-corrected chi connectivity index (χ3v) is 1.73. The fraction of sp³-hybridized carbons (Fsp3) is 0.125. The zero-order chi connectivity index (χ0) is 10.3. The molecule has 0 unspecified atom stereocenters. The quantitative estimate of drug-likeness (QED) is 0.551. The summed E-state index contributed by atoms with van der Waals surface area (Å²) in [5.74, 6) is -0.357. The van der Waals surface area contributed by atoms with Crippen LogP contribution in [-0.4, -0.2) is 12.6 Å². The minimum absolute atomic E-state index is 0.0695. The number of rotatable bonds is 1. The lowest BCUT2D eigenvalue weighted by Crippen LogP contribution is -2.25. The van der Waals surface area contributed by atoms with Crippen LogP contribution in [0, 0.1) is 0 Å². The number of aldehydes is 1. The lowest BCUT2D eigenvalue weighted by atomic mass is 10.2. The molecule has 0 fully saturated rings. The van der Waals surface area contributed by atoms with E-state index in [1.54, 1.807) is 0 Å². The number of halogens is 2. The summed E-state index contributed by atoms with van der Waals surface area (Å²) in [5.41, 5.74) is 5.54. The number of anilines is 1. The van der Waals surface area contributed by atoms with Crippen LogP contribution in [0.15, 0.2) is 12.1 Å². The van der Waals surface area contributed by atoms with E-state index in [4.69, 9.17) is 5.73 Å². The van der Waals surface area contributed by atoms with Gasteiger partial charge in [0.2, 0.25) is 0 Å². The van der Waals surface area contributed by atoms with Crippen molar-refractivity contribution in [1.29, 1.82) is 0 Å². The van der Waals surface area contributed by atoms with Crippen molar-refractivity contribution in [2.24, 2.45) is 0 Å². The van der Waals surface area contributed by atoms with Crippen molar-refractivity contribution in [1.82, 2.24) is 0 Å². The van der Waals surface area contributed by atoms with Crippen LogP contribution in [0.5, 0.6) is 11.5 Å². The molecule has 1 heterocycles. The first-order valence-electron chi connectivity index (χ1n) is 3.66. The number of nitrogens with two attached hydrogens (primary N) is 1. The molecule has 0 aromatic heterocycles. The number of carbonyl (C=O) groups excluding carboxylic acids is 1. The zero-order valence-electron chi connectivity index (χ0n) is 6.79. The molecule has 2 rings (SSSR count). The molecule has 1 aromatic rings. The SMILES string of the molecule is Nc1cc2c(cc1C=O)OC(F)(F)O2. The Labute approximate surface area is 77.2 Å². The summed E-state index contributed by atoms with van der Waals surface area (Å²) in [5, 5.41) is 0. The fourth-order valence-corrected chi connectivity index (χ4v) is 1.13. The van der Waals surface area contributed by atoms with Crippen molar-refractivity contribution < 1.29 is 23.0 Å². The number of hydrogen-bond donors (Lipinski definition) is 1. The average molecular weight is 201 g/mol. The lowest BCUT2D eigenvalue weighted by Gasteiger charge is -2.04. The van der Waals surface area contributed by atoms with E-state index in [-0.39, 0.29) is 22.7 Å². The summed E-state index contributed by atoms with van der Waals surface area (Å²) < 4.78 is 33.3. The van der Waals surface area contributed by atoms with Gasteiger partial charge in [0.25, 0.3) is 0 Å². The van der Waals surface area contributed by atoms with Crippen LogP contribution in [-0.2, 0) is 0 Å². The second-order valence-corrected chi connectivity index (χ2v) is 2.71. The van der Waals surface area contributed by atoms with E-state index in [2.05, 4.69) is 9.47 Å². The molecule has 0 saturated carbocycles. The monoisotopic (exact) mass is 201 g/mol. The maximum Gasteiger partial charge on any atom is 0.586 e. The molecular formula is C8H5F2NO3. The summed E-state index contributed by atoms with van der Waals surface area (Å²) in [6.07, 6.45) is -3.23. The molecule has 0 atom stereocenters. The molecule has 4 nitrogen and oxygen atoms in total. The minimum atomic E-state index is -3.68. The van der Waals surface area contributed by atoms with Crippen LogP contribution >= 0.6 is 0 Å². The molecule has 14 heavy (non-hydrogen) atoms. The number of alkyl halides is 2. The van der Waals surface area contributed by atoms with Crippen LogP contribution in [0.3, 0.4) is 0 Å². The van der Waals surface area contributed by atoms with Gasteiger partial charge in [0.15, 0.2) is 17.8 Å². The Hall–Kier alpha value is -1.85. The average Bonchev–Trinajstić information content (AvgIpc) is 2.36. The maximum atomic E-state index is 12.5. The third kappa shape index (κ3) is 1.24. The van der Waals surface area contributed by atoms with Crippen molar-refractivity contribution in [2.45, 2.75) is 6.29 Å². The Balaban J connectivity index is 2.49. The first-order valence-corrected chi connectivity index (χ1v) is 3.66. The van der Waals surface area contributed by atoms with Gasteiger partial charge in [0.1, 0.15) is 0 Å². The van der Waals surface area contributed by atoms with E-state index in [1.165, 1.54) is 0 Å². The molecule has 2 N–H and O–H groups in total. The van der Waals surface area contributed by atoms with Crippen molar-refractivity contribution in [3.63, 3.8) is 0 Å². The van der Waals surface area contributed by atoms with Gasteiger partial charge >= 0.3 is 6.29 Å². The number of benzene rings is 1. The molecule has 0 spiro atoms. The summed E-state index contributed by atoms with van der Waals surface area (Å²) >= 11 is 0. The van der Waals surface area contributed by atoms with E-state index in [1.807, 2.05) is 0 Å².